The standard InChI is InChI=1S/C42H83NO8/c1-3-5-7-9-11-13-15-17-18-20-22-24-26-28-30-32-36(46)43-37(39(48)42-41(50)40(49)38(47)35(33-44)51-42)34(45)31-29-27-25-23-21-19-16-14-12-10-8-6-4-2/h34-35,37-42,44-45,47-50H,3-33H2,1-2H3,(H,43,46)/t34-,35-,37-,38-,39?,40+,41-,42+/m1/s1. The SMILES string of the molecule is CCCCCCCCCCCCCCCCCC(=O)N[C@@H](C(O)[C@@H]1O[C@H](CO)[C@@H](O)[C@H](O)[C@H]1O)[C@H](O)CCCCCCCCCCCCCCC. The van der Waals surface area contributed by atoms with E-state index >= 15 is 0 Å². The lowest BCUT2D eigenvalue weighted by Crippen LogP contribution is -2.66. The van der Waals surface area contributed by atoms with Crippen molar-refractivity contribution in [1.29, 1.82) is 0 Å². The van der Waals surface area contributed by atoms with Gasteiger partial charge in [-0.05, 0) is 12.8 Å². The van der Waals surface area contributed by atoms with Crippen LogP contribution in [0.25, 0.3) is 0 Å². The van der Waals surface area contributed by atoms with Gasteiger partial charge in [0, 0.05) is 6.42 Å². The first-order valence-corrected chi connectivity index (χ1v) is 21.7. The minimum absolute atomic E-state index is 0.265. The molecule has 0 aromatic heterocycles. The molecule has 1 amide bonds. The van der Waals surface area contributed by atoms with E-state index in [1.165, 1.54) is 128 Å². The van der Waals surface area contributed by atoms with Gasteiger partial charge in [-0.2, -0.15) is 0 Å². The van der Waals surface area contributed by atoms with Crippen molar-refractivity contribution in [1.82, 2.24) is 5.32 Å². The van der Waals surface area contributed by atoms with Crippen LogP contribution >= 0.6 is 0 Å². The Labute approximate surface area is 312 Å². The van der Waals surface area contributed by atoms with E-state index in [1.807, 2.05) is 0 Å². The van der Waals surface area contributed by atoms with Gasteiger partial charge in [-0.25, -0.2) is 0 Å². The van der Waals surface area contributed by atoms with Crippen molar-refractivity contribution in [3.8, 4) is 0 Å². The predicted molar refractivity (Wildman–Crippen MR) is 208 cm³/mol. The summed E-state index contributed by atoms with van der Waals surface area (Å²) in [5, 5.41) is 66.1. The normalized spacial score (nSPS) is 22.5. The van der Waals surface area contributed by atoms with E-state index in [4.69, 9.17) is 4.74 Å². The second kappa shape index (κ2) is 32.6. The minimum atomic E-state index is -1.66. The number of hydrogen-bond acceptors (Lipinski definition) is 8. The molecule has 7 N–H and O–H groups in total. The van der Waals surface area contributed by atoms with Crippen LogP contribution in [0.4, 0.5) is 0 Å². The smallest absolute Gasteiger partial charge is 0.220 e. The van der Waals surface area contributed by atoms with Crippen LogP contribution in [0.2, 0.25) is 0 Å². The molecule has 0 spiro atoms. The lowest BCUT2D eigenvalue weighted by Gasteiger charge is -2.44. The van der Waals surface area contributed by atoms with Gasteiger partial charge in [0.1, 0.15) is 36.6 Å². The monoisotopic (exact) mass is 730 g/mol. The highest BCUT2D eigenvalue weighted by atomic mass is 16.6. The van der Waals surface area contributed by atoms with Gasteiger partial charge < -0.3 is 40.7 Å². The number of nitrogens with one attached hydrogen (secondary N) is 1. The summed E-state index contributed by atoms with van der Waals surface area (Å²) in [6.45, 7) is 3.88. The Morgan fingerprint density at radius 1 is 0.549 bits per heavy atom. The highest BCUT2D eigenvalue weighted by Crippen LogP contribution is 2.26. The molecule has 0 aromatic rings. The lowest BCUT2D eigenvalue weighted by atomic mass is 9.87. The number of carbonyl (C=O) groups excluding carboxylic acids is 1. The predicted octanol–water partition coefficient (Wildman–Crippen LogP) is 7.78. The van der Waals surface area contributed by atoms with Crippen LogP contribution in [-0.2, 0) is 9.53 Å². The number of ether oxygens (including phenoxy) is 1. The molecule has 8 atom stereocenters. The van der Waals surface area contributed by atoms with Crippen LogP contribution in [0, 0.1) is 0 Å². The number of rotatable bonds is 35. The Morgan fingerprint density at radius 2 is 0.922 bits per heavy atom. The van der Waals surface area contributed by atoms with Crippen LogP contribution < -0.4 is 5.32 Å². The zero-order chi connectivity index (χ0) is 37.5. The zero-order valence-corrected chi connectivity index (χ0v) is 33.0. The molecule has 0 aliphatic carbocycles. The van der Waals surface area contributed by atoms with Gasteiger partial charge in [-0.1, -0.05) is 187 Å². The molecule has 1 aliphatic rings. The highest BCUT2D eigenvalue weighted by molar-refractivity contribution is 5.76. The van der Waals surface area contributed by atoms with Crippen molar-refractivity contribution in [3.63, 3.8) is 0 Å². The molecule has 0 radical (unpaired) electrons. The quantitative estimate of drug-likeness (QED) is 0.0326. The van der Waals surface area contributed by atoms with Crippen molar-refractivity contribution in [2.45, 2.75) is 255 Å². The Morgan fingerprint density at radius 3 is 1.31 bits per heavy atom. The largest absolute Gasteiger partial charge is 0.394 e. The fourth-order valence-electron chi connectivity index (χ4n) is 7.49. The van der Waals surface area contributed by atoms with Crippen molar-refractivity contribution in [2.75, 3.05) is 6.61 Å². The molecule has 1 fully saturated rings. The molecule has 0 saturated carbocycles. The molecule has 1 rings (SSSR count). The van der Waals surface area contributed by atoms with E-state index in [0.29, 0.717) is 12.8 Å². The third-order valence-electron chi connectivity index (χ3n) is 11.0. The first-order chi connectivity index (χ1) is 24.8. The Balaban J connectivity index is 2.43. The van der Waals surface area contributed by atoms with Gasteiger partial charge in [0.2, 0.25) is 5.91 Å². The second-order valence-electron chi connectivity index (χ2n) is 15.7. The zero-order valence-electron chi connectivity index (χ0n) is 33.0. The Bertz CT molecular complexity index is 786. The average molecular weight is 730 g/mol. The molecule has 1 saturated heterocycles. The number of unbranched alkanes of at least 4 members (excludes halogenated alkanes) is 26. The summed E-state index contributed by atoms with van der Waals surface area (Å²) in [5.41, 5.74) is 0. The summed E-state index contributed by atoms with van der Waals surface area (Å²) < 4.78 is 5.60. The number of carbonyl (C=O) groups is 1. The fraction of sp³-hybridized carbons (Fsp3) is 0.976. The van der Waals surface area contributed by atoms with Crippen LogP contribution in [0.1, 0.15) is 206 Å². The van der Waals surface area contributed by atoms with E-state index in [-0.39, 0.29) is 12.3 Å². The molecule has 1 unspecified atom stereocenters. The minimum Gasteiger partial charge on any atom is -0.394 e. The number of amides is 1. The van der Waals surface area contributed by atoms with Crippen molar-refractivity contribution >= 4 is 5.91 Å². The fourth-order valence-corrected chi connectivity index (χ4v) is 7.49. The Hall–Kier alpha value is -0.810. The summed E-state index contributed by atoms with van der Waals surface area (Å²) in [5.74, 6) is -0.289. The maximum absolute atomic E-state index is 13.0. The van der Waals surface area contributed by atoms with Gasteiger partial charge in [0.25, 0.3) is 0 Å². The molecule has 1 heterocycles. The molecule has 9 heteroatoms. The van der Waals surface area contributed by atoms with Crippen LogP contribution in [0.5, 0.6) is 0 Å². The first kappa shape index (κ1) is 48.2. The van der Waals surface area contributed by atoms with Gasteiger partial charge in [-0.15, -0.1) is 0 Å². The number of aliphatic hydroxyl groups excluding tert-OH is 6. The van der Waals surface area contributed by atoms with Crippen LogP contribution in [0.3, 0.4) is 0 Å². The van der Waals surface area contributed by atoms with Crippen molar-refractivity contribution in [3.05, 3.63) is 0 Å². The lowest BCUT2D eigenvalue weighted by molar-refractivity contribution is -0.253. The van der Waals surface area contributed by atoms with E-state index in [2.05, 4.69) is 19.2 Å². The van der Waals surface area contributed by atoms with E-state index in [9.17, 15) is 35.4 Å². The van der Waals surface area contributed by atoms with Crippen molar-refractivity contribution in [2.24, 2.45) is 0 Å². The van der Waals surface area contributed by atoms with Crippen molar-refractivity contribution < 1.29 is 40.2 Å². The first-order valence-electron chi connectivity index (χ1n) is 21.7. The third-order valence-corrected chi connectivity index (χ3v) is 11.0. The highest BCUT2D eigenvalue weighted by Gasteiger charge is 2.48. The van der Waals surface area contributed by atoms with E-state index < -0.39 is 55.4 Å². The maximum Gasteiger partial charge on any atom is 0.220 e. The van der Waals surface area contributed by atoms with E-state index in [0.717, 1.165) is 44.9 Å². The summed E-state index contributed by atoms with van der Waals surface area (Å²) in [4.78, 5) is 13.0. The van der Waals surface area contributed by atoms with Gasteiger partial charge in [0.05, 0.1) is 18.8 Å². The number of hydrogen-bond donors (Lipinski definition) is 7. The summed E-state index contributed by atoms with van der Waals surface area (Å²) in [6.07, 6.45) is 24.7. The summed E-state index contributed by atoms with van der Waals surface area (Å²) >= 11 is 0. The molecular formula is C42H83NO8. The third kappa shape index (κ3) is 22.9. The summed E-state index contributed by atoms with van der Waals surface area (Å²) in [7, 11) is 0. The van der Waals surface area contributed by atoms with Crippen LogP contribution in [-0.4, -0.2) is 91.9 Å². The molecule has 0 bridgehead atoms. The van der Waals surface area contributed by atoms with Crippen LogP contribution in [0.15, 0.2) is 0 Å². The molecule has 1 aliphatic heterocycles. The maximum atomic E-state index is 13.0. The molecular weight excluding hydrogens is 646 g/mol. The van der Waals surface area contributed by atoms with Gasteiger partial charge in [-0.3, -0.25) is 4.79 Å². The van der Waals surface area contributed by atoms with Gasteiger partial charge >= 0.3 is 0 Å². The Kier molecular flexibility index (Phi) is 30.8. The number of aliphatic hydroxyl groups is 6. The molecule has 51 heavy (non-hydrogen) atoms. The summed E-state index contributed by atoms with van der Waals surface area (Å²) in [6, 6.07) is -1.13. The van der Waals surface area contributed by atoms with E-state index in [1.54, 1.807) is 0 Å². The average Bonchev–Trinajstić information content (AvgIpc) is 3.13. The van der Waals surface area contributed by atoms with Gasteiger partial charge in [0.15, 0.2) is 0 Å². The topological polar surface area (TPSA) is 160 Å². The second-order valence-corrected chi connectivity index (χ2v) is 15.7. The molecule has 9 nitrogen and oxygen atoms in total. The molecule has 0 aromatic carbocycles. The molecule has 304 valence electrons.